The third kappa shape index (κ3) is 5.07. The van der Waals surface area contributed by atoms with Gasteiger partial charge in [0.1, 0.15) is 0 Å². The van der Waals surface area contributed by atoms with Gasteiger partial charge in [0.2, 0.25) is 5.91 Å². The molecule has 1 saturated carbocycles. The highest BCUT2D eigenvalue weighted by Gasteiger charge is 2.22. The molecule has 0 aromatic rings. The summed E-state index contributed by atoms with van der Waals surface area (Å²) in [5.74, 6) is 1.70. The topological polar surface area (TPSA) is 41.1 Å². The summed E-state index contributed by atoms with van der Waals surface area (Å²) in [6, 6.07) is -0.0596. The molecular formula is C14H28N2O. The fraction of sp³-hybridized carbons (Fsp3) is 0.929. The van der Waals surface area contributed by atoms with Gasteiger partial charge < -0.3 is 10.6 Å². The minimum atomic E-state index is -0.0596. The zero-order valence-electron chi connectivity index (χ0n) is 11.6. The average molecular weight is 240 g/mol. The molecule has 0 aromatic carbocycles. The van der Waals surface area contributed by atoms with Crippen molar-refractivity contribution in [3.63, 3.8) is 0 Å². The number of amides is 1. The standard InChI is InChI=1S/C14H28N2O/c1-4-9-15-14(17)12(3)16-10-13-8-6-5-7-11(13)2/h11-13,16H,4-10H2,1-3H3,(H,15,17). The number of nitrogens with one attached hydrogen (secondary N) is 2. The Balaban J connectivity index is 2.22. The lowest BCUT2D eigenvalue weighted by molar-refractivity contribution is -0.122. The molecule has 1 amide bonds. The molecule has 0 bridgehead atoms. The average Bonchev–Trinajstić information content (AvgIpc) is 2.34. The highest BCUT2D eigenvalue weighted by molar-refractivity contribution is 5.81. The van der Waals surface area contributed by atoms with E-state index in [1.165, 1.54) is 25.7 Å². The normalized spacial score (nSPS) is 26.5. The smallest absolute Gasteiger partial charge is 0.236 e. The summed E-state index contributed by atoms with van der Waals surface area (Å²) in [6.45, 7) is 8.14. The molecule has 1 fully saturated rings. The second-order valence-corrected chi connectivity index (χ2v) is 5.44. The number of rotatable bonds is 6. The summed E-state index contributed by atoms with van der Waals surface area (Å²) in [4.78, 5) is 11.7. The van der Waals surface area contributed by atoms with E-state index in [9.17, 15) is 4.79 Å². The quantitative estimate of drug-likeness (QED) is 0.748. The van der Waals surface area contributed by atoms with Crippen LogP contribution in [0.4, 0.5) is 0 Å². The van der Waals surface area contributed by atoms with Gasteiger partial charge in [0.25, 0.3) is 0 Å². The highest BCUT2D eigenvalue weighted by atomic mass is 16.2. The van der Waals surface area contributed by atoms with Crippen LogP contribution in [-0.4, -0.2) is 25.0 Å². The van der Waals surface area contributed by atoms with Gasteiger partial charge in [-0.25, -0.2) is 0 Å². The molecule has 1 aliphatic rings. The van der Waals surface area contributed by atoms with E-state index in [2.05, 4.69) is 24.5 Å². The summed E-state index contributed by atoms with van der Waals surface area (Å²) in [6.07, 6.45) is 6.40. The summed E-state index contributed by atoms with van der Waals surface area (Å²) < 4.78 is 0. The summed E-state index contributed by atoms with van der Waals surface area (Å²) in [5.41, 5.74) is 0. The van der Waals surface area contributed by atoms with Gasteiger partial charge in [-0.2, -0.15) is 0 Å². The summed E-state index contributed by atoms with van der Waals surface area (Å²) in [5, 5.41) is 6.31. The predicted molar refractivity (Wildman–Crippen MR) is 71.9 cm³/mol. The van der Waals surface area contributed by atoms with Crippen molar-refractivity contribution >= 4 is 5.91 Å². The van der Waals surface area contributed by atoms with Crippen LogP contribution >= 0.6 is 0 Å². The lowest BCUT2D eigenvalue weighted by Gasteiger charge is -2.29. The van der Waals surface area contributed by atoms with Crippen LogP contribution in [0.2, 0.25) is 0 Å². The molecule has 0 radical (unpaired) electrons. The number of carbonyl (C=O) groups excluding carboxylic acids is 1. The maximum Gasteiger partial charge on any atom is 0.236 e. The Hall–Kier alpha value is -0.570. The van der Waals surface area contributed by atoms with Gasteiger partial charge in [-0.1, -0.05) is 33.1 Å². The zero-order valence-corrected chi connectivity index (χ0v) is 11.6. The van der Waals surface area contributed by atoms with Crippen LogP contribution in [0.5, 0.6) is 0 Å². The first-order valence-corrected chi connectivity index (χ1v) is 7.16. The van der Waals surface area contributed by atoms with Gasteiger partial charge in [0.05, 0.1) is 6.04 Å². The Morgan fingerprint density at radius 1 is 1.35 bits per heavy atom. The third-order valence-electron chi connectivity index (χ3n) is 3.92. The summed E-state index contributed by atoms with van der Waals surface area (Å²) >= 11 is 0. The van der Waals surface area contributed by atoms with E-state index in [1.807, 2.05) is 6.92 Å². The maximum absolute atomic E-state index is 11.7. The highest BCUT2D eigenvalue weighted by Crippen LogP contribution is 2.28. The van der Waals surface area contributed by atoms with Crippen LogP contribution in [0.1, 0.15) is 52.9 Å². The fourth-order valence-electron chi connectivity index (χ4n) is 2.52. The van der Waals surface area contributed by atoms with Gasteiger partial charge in [-0.3, -0.25) is 4.79 Å². The molecule has 100 valence electrons. The molecule has 0 spiro atoms. The Morgan fingerprint density at radius 3 is 2.71 bits per heavy atom. The second kappa shape index (κ2) is 7.70. The molecule has 0 heterocycles. The van der Waals surface area contributed by atoms with Crippen molar-refractivity contribution in [1.82, 2.24) is 10.6 Å². The van der Waals surface area contributed by atoms with E-state index in [0.29, 0.717) is 0 Å². The van der Waals surface area contributed by atoms with Gasteiger partial charge >= 0.3 is 0 Å². The lowest BCUT2D eigenvalue weighted by Crippen LogP contribution is -2.44. The zero-order chi connectivity index (χ0) is 12.7. The molecule has 3 unspecified atom stereocenters. The van der Waals surface area contributed by atoms with E-state index in [1.54, 1.807) is 0 Å². The van der Waals surface area contributed by atoms with Gasteiger partial charge in [-0.15, -0.1) is 0 Å². The van der Waals surface area contributed by atoms with Crippen LogP contribution in [0.25, 0.3) is 0 Å². The van der Waals surface area contributed by atoms with E-state index < -0.39 is 0 Å². The van der Waals surface area contributed by atoms with Crippen molar-refractivity contribution in [2.24, 2.45) is 11.8 Å². The van der Waals surface area contributed by atoms with Crippen molar-refractivity contribution < 1.29 is 4.79 Å². The maximum atomic E-state index is 11.7. The third-order valence-corrected chi connectivity index (χ3v) is 3.92. The first-order valence-electron chi connectivity index (χ1n) is 7.16. The molecule has 0 saturated heterocycles. The molecule has 17 heavy (non-hydrogen) atoms. The lowest BCUT2D eigenvalue weighted by atomic mass is 9.80. The molecule has 1 rings (SSSR count). The van der Waals surface area contributed by atoms with Crippen LogP contribution in [0.3, 0.4) is 0 Å². The number of hydrogen-bond acceptors (Lipinski definition) is 2. The molecular weight excluding hydrogens is 212 g/mol. The van der Waals surface area contributed by atoms with Crippen LogP contribution < -0.4 is 10.6 Å². The largest absolute Gasteiger partial charge is 0.355 e. The van der Waals surface area contributed by atoms with Crippen molar-refractivity contribution in [1.29, 1.82) is 0 Å². The van der Waals surface area contributed by atoms with Crippen molar-refractivity contribution in [3.8, 4) is 0 Å². The van der Waals surface area contributed by atoms with Crippen molar-refractivity contribution in [2.45, 2.75) is 58.9 Å². The van der Waals surface area contributed by atoms with Crippen molar-refractivity contribution in [2.75, 3.05) is 13.1 Å². The molecule has 3 heteroatoms. The van der Waals surface area contributed by atoms with Gasteiger partial charge in [0, 0.05) is 6.54 Å². The van der Waals surface area contributed by atoms with Gasteiger partial charge in [-0.05, 0) is 38.1 Å². The summed E-state index contributed by atoms with van der Waals surface area (Å²) in [7, 11) is 0. The second-order valence-electron chi connectivity index (χ2n) is 5.44. The van der Waals surface area contributed by atoms with E-state index in [0.717, 1.165) is 31.3 Å². The Bertz CT molecular complexity index is 230. The predicted octanol–water partition coefficient (Wildman–Crippen LogP) is 2.32. The van der Waals surface area contributed by atoms with Crippen molar-refractivity contribution in [3.05, 3.63) is 0 Å². The number of hydrogen-bond donors (Lipinski definition) is 2. The van der Waals surface area contributed by atoms with E-state index in [-0.39, 0.29) is 11.9 Å². The van der Waals surface area contributed by atoms with Crippen LogP contribution in [0.15, 0.2) is 0 Å². The van der Waals surface area contributed by atoms with Crippen LogP contribution in [0, 0.1) is 11.8 Å². The Morgan fingerprint density at radius 2 is 2.06 bits per heavy atom. The molecule has 3 nitrogen and oxygen atoms in total. The SMILES string of the molecule is CCCNC(=O)C(C)NCC1CCCCC1C. The Labute approximate surface area is 106 Å². The number of carbonyl (C=O) groups is 1. The van der Waals surface area contributed by atoms with E-state index >= 15 is 0 Å². The molecule has 2 N–H and O–H groups in total. The minimum Gasteiger partial charge on any atom is -0.355 e. The molecule has 0 aromatic heterocycles. The molecule has 1 aliphatic carbocycles. The molecule has 0 aliphatic heterocycles. The fourth-order valence-corrected chi connectivity index (χ4v) is 2.52. The van der Waals surface area contributed by atoms with E-state index in [4.69, 9.17) is 0 Å². The monoisotopic (exact) mass is 240 g/mol. The first kappa shape index (κ1) is 14.5. The minimum absolute atomic E-state index is 0.0596. The Kier molecular flexibility index (Phi) is 6.56. The molecule has 3 atom stereocenters. The first-order chi connectivity index (χ1) is 8.15. The van der Waals surface area contributed by atoms with Gasteiger partial charge in [0.15, 0.2) is 0 Å². The van der Waals surface area contributed by atoms with Crippen LogP contribution in [-0.2, 0) is 4.79 Å².